The SMILES string of the molecule is Cc1ncccc1C(=O)N1CCC2(CC1)OCCO2. The standard InChI is InChI=1S/C14H18N2O3/c1-11-12(3-2-6-15-11)13(17)16-7-4-14(5-8-16)18-9-10-19-14/h2-3,6H,4-5,7-10H2,1H3. The Labute approximate surface area is 112 Å². The van der Waals surface area contributed by atoms with Gasteiger partial charge in [0.1, 0.15) is 0 Å². The van der Waals surface area contributed by atoms with E-state index in [1.54, 1.807) is 12.3 Å². The second-order valence-electron chi connectivity index (χ2n) is 5.04. The summed E-state index contributed by atoms with van der Waals surface area (Å²) < 4.78 is 11.3. The molecule has 0 radical (unpaired) electrons. The first-order valence-electron chi connectivity index (χ1n) is 6.69. The van der Waals surface area contributed by atoms with Gasteiger partial charge in [0.05, 0.1) is 18.8 Å². The third kappa shape index (κ3) is 2.35. The Morgan fingerprint density at radius 3 is 2.63 bits per heavy atom. The van der Waals surface area contributed by atoms with Gasteiger partial charge in [-0.3, -0.25) is 9.78 Å². The van der Waals surface area contributed by atoms with E-state index in [0.29, 0.717) is 31.9 Å². The third-order valence-electron chi connectivity index (χ3n) is 3.86. The van der Waals surface area contributed by atoms with E-state index in [9.17, 15) is 4.79 Å². The highest BCUT2D eigenvalue weighted by Crippen LogP contribution is 2.31. The molecule has 1 spiro atoms. The molecule has 1 aromatic rings. The first kappa shape index (κ1) is 12.6. The average molecular weight is 262 g/mol. The van der Waals surface area contributed by atoms with Crippen LogP contribution in [-0.2, 0) is 9.47 Å². The Hall–Kier alpha value is -1.46. The first-order chi connectivity index (χ1) is 9.20. The molecule has 2 aliphatic heterocycles. The van der Waals surface area contributed by atoms with Crippen LogP contribution in [0.2, 0.25) is 0 Å². The molecule has 1 aromatic heterocycles. The van der Waals surface area contributed by atoms with Crippen LogP contribution < -0.4 is 0 Å². The zero-order valence-corrected chi connectivity index (χ0v) is 11.1. The summed E-state index contributed by atoms with van der Waals surface area (Å²) in [5.41, 5.74) is 1.47. The number of amides is 1. The lowest BCUT2D eigenvalue weighted by atomic mass is 10.0. The fraction of sp³-hybridized carbons (Fsp3) is 0.571. The number of aryl methyl sites for hydroxylation is 1. The number of piperidine rings is 1. The molecule has 2 saturated heterocycles. The number of ether oxygens (including phenoxy) is 2. The molecular formula is C14H18N2O3. The highest BCUT2D eigenvalue weighted by molar-refractivity contribution is 5.95. The van der Waals surface area contributed by atoms with Crippen molar-refractivity contribution in [2.24, 2.45) is 0 Å². The number of hydrogen-bond acceptors (Lipinski definition) is 4. The van der Waals surface area contributed by atoms with Gasteiger partial charge in [0, 0.05) is 37.8 Å². The summed E-state index contributed by atoms with van der Waals surface area (Å²) in [7, 11) is 0. The van der Waals surface area contributed by atoms with Crippen molar-refractivity contribution in [2.45, 2.75) is 25.6 Å². The van der Waals surface area contributed by atoms with Crippen LogP contribution in [0.4, 0.5) is 0 Å². The molecule has 102 valence electrons. The minimum Gasteiger partial charge on any atom is -0.347 e. The van der Waals surface area contributed by atoms with Crippen LogP contribution in [0.15, 0.2) is 18.3 Å². The largest absolute Gasteiger partial charge is 0.347 e. The van der Waals surface area contributed by atoms with Crippen molar-refractivity contribution < 1.29 is 14.3 Å². The number of carbonyl (C=O) groups excluding carboxylic acids is 1. The fourth-order valence-electron chi connectivity index (χ4n) is 2.72. The highest BCUT2D eigenvalue weighted by Gasteiger charge is 2.40. The lowest BCUT2D eigenvalue weighted by Gasteiger charge is -2.37. The van der Waals surface area contributed by atoms with E-state index in [4.69, 9.17) is 9.47 Å². The van der Waals surface area contributed by atoms with Gasteiger partial charge in [-0.05, 0) is 19.1 Å². The van der Waals surface area contributed by atoms with Gasteiger partial charge in [0.15, 0.2) is 5.79 Å². The molecule has 1 amide bonds. The summed E-state index contributed by atoms with van der Waals surface area (Å²) in [5.74, 6) is -0.376. The van der Waals surface area contributed by atoms with Crippen molar-refractivity contribution >= 4 is 5.91 Å². The zero-order chi connectivity index (χ0) is 13.3. The van der Waals surface area contributed by atoms with E-state index >= 15 is 0 Å². The van der Waals surface area contributed by atoms with E-state index in [1.807, 2.05) is 17.9 Å². The monoisotopic (exact) mass is 262 g/mol. The number of likely N-dealkylation sites (tertiary alicyclic amines) is 1. The summed E-state index contributed by atoms with van der Waals surface area (Å²) in [6.07, 6.45) is 3.20. The lowest BCUT2D eigenvalue weighted by Crippen LogP contribution is -2.47. The molecule has 19 heavy (non-hydrogen) atoms. The maximum Gasteiger partial charge on any atom is 0.255 e. The predicted molar refractivity (Wildman–Crippen MR) is 68.7 cm³/mol. The van der Waals surface area contributed by atoms with Crippen molar-refractivity contribution in [2.75, 3.05) is 26.3 Å². The summed E-state index contributed by atoms with van der Waals surface area (Å²) in [5, 5.41) is 0. The molecule has 0 N–H and O–H groups in total. The van der Waals surface area contributed by atoms with Crippen LogP contribution >= 0.6 is 0 Å². The van der Waals surface area contributed by atoms with Crippen LogP contribution in [0.5, 0.6) is 0 Å². The maximum absolute atomic E-state index is 12.4. The average Bonchev–Trinajstić information content (AvgIpc) is 2.88. The van der Waals surface area contributed by atoms with Crippen LogP contribution in [0.3, 0.4) is 0 Å². The topological polar surface area (TPSA) is 51.7 Å². The van der Waals surface area contributed by atoms with E-state index in [0.717, 1.165) is 18.5 Å². The molecule has 5 nitrogen and oxygen atoms in total. The smallest absolute Gasteiger partial charge is 0.255 e. The maximum atomic E-state index is 12.4. The molecule has 0 aromatic carbocycles. The van der Waals surface area contributed by atoms with E-state index in [1.165, 1.54) is 0 Å². The van der Waals surface area contributed by atoms with Gasteiger partial charge in [-0.15, -0.1) is 0 Å². The predicted octanol–water partition coefficient (Wildman–Crippen LogP) is 1.37. The molecule has 2 aliphatic rings. The molecule has 0 unspecified atom stereocenters. The minimum atomic E-state index is -0.430. The number of aromatic nitrogens is 1. The van der Waals surface area contributed by atoms with Crippen molar-refractivity contribution in [3.63, 3.8) is 0 Å². The molecule has 3 rings (SSSR count). The molecule has 2 fully saturated rings. The number of rotatable bonds is 1. The molecule has 0 bridgehead atoms. The van der Waals surface area contributed by atoms with Crippen LogP contribution in [0.1, 0.15) is 28.9 Å². The molecule has 5 heteroatoms. The molecule has 0 atom stereocenters. The van der Waals surface area contributed by atoms with Gasteiger partial charge in [-0.2, -0.15) is 0 Å². The Morgan fingerprint density at radius 2 is 2.00 bits per heavy atom. The zero-order valence-electron chi connectivity index (χ0n) is 11.1. The second-order valence-corrected chi connectivity index (χ2v) is 5.04. The van der Waals surface area contributed by atoms with Gasteiger partial charge >= 0.3 is 0 Å². The van der Waals surface area contributed by atoms with E-state index in [2.05, 4.69) is 4.98 Å². The minimum absolute atomic E-state index is 0.0541. The third-order valence-corrected chi connectivity index (χ3v) is 3.86. The van der Waals surface area contributed by atoms with Crippen molar-refractivity contribution in [3.8, 4) is 0 Å². The van der Waals surface area contributed by atoms with Gasteiger partial charge in [0.25, 0.3) is 5.91 Å². The van der Waals surface area contributed by atoms with Crippen molar-refractivity contribution in [1.29, 1.82) is 0 Å². The van der Waals surface area contributed by atoms with Gasteiger partial charge < -0.3 is 14.4 Å². The normalized spacial score (nSPS) is 21.8. The first-order valence-corrected chi connectivity index (χ1v) is 6.69. The van der Waals surface area contributed by atoms with Crippen LogP contribution in [-0.4, -0.2) is 47.9 Å². The Morgan fingerprint density at radius 1 is 1.32 bits per heavy atom. The molecule has 0 aliphatic carbocycles. The van der Waals surface area contributed by atoms with Crippen LogP contribution in [0.25, 0.3) is 0 Å². The summed E-state index contributed by atoms with van der Waals surface area (Å²) in [6.45, 7) is 4.54. The number of carbonyl (C=O) groups is 1. The number of nitrogens with zero attached hydrogens (tertiary/aromatic N) is 2. The Kier molecular flexibility index (Phi) is 3.24. The Bertz CT molecular complexity index is 473. The van der Waals surface area contributed by atoms with Crippen molar-refractivity contribution in [1.82, 2.24) is 9.88 Å². The van der Waals surface area contributed by atoms with E-state index < -0.39 is 5.79 Å². The van der Waals surface area contributed by atoms with Crippen molar-refractivity contribution in [3.05, 3.63) is 29.6 Å². The second kappa shape index (κ2) is 4.90. The van der Waals surface area contributed by atoms with Gasteiger partial charge in [0.2, 0.25) is 0 Å². The van der Waals surface area contributed by atoms with Gasteiger partial charge in [-0.25, -0.2) is 0 Å². The highest BCUT2D eigenvalue weighted by atomic mass is 16.7. The molecule has 3 heterocycles. The lowest BCUT2D eigenvalue weighted by molar-refractivity contribution is -0.181. The fourth-order valence-corrected chi connectivity index (χ4v) is 2.72. The van der Waals surface area contributed by atoms with Crippen LogP contribution in [0, 0.1) is 6.92 Å². The molecule has 0 saturated carbocycles. The number of hydrogen-bond donors (Lipinski definition) is 0. The van der Waals surface area contributed by atoms with Gasteiger partial charge in [-0.1, -0.05) is 0 Å². The number of pyridine rings is 1. The Balaban J connectivity index is 1.68. The molecular weight excluding hydrogens is 244 g/mol. The quantitative estimate of drug-likeness (QED) is 0.767. The summed E-state index contributed by atoms with van der Waals surface area (Å²) in [4.78, 5) is 18.5. The summed E-state index contributed by atoms with van der Waals surface area (Å²) >= 11 is 0. The van der Waals surface area contributed by atoms with E-state index in [-0.39, 0.29) is 5.91 Å². The summed E-state index contributed by atoms with van der Waals surface area (Å²) in [6, 6.07) is 3.63.